The maximum Gasteiger partial charge on any atom is 0.313 e. The lowest BCUT2D eigenvalue weighted by Crippen LogP contribution is -1.98. The van der Waals surface area contributed by atoms with Crippen LogP contribution < -0.4 is 0 Å². The van der Waals surface area contributed by atoms with Crippen molar-refractivity contribution < 1.29 is 9.90 Å². The molecule has 3 nitrogen and oxygen atoms in total. The molecule has 1 aromatic heterocycles. The standard InChI is InChI=1S/C13H13NO2S2/c1-9-2-4-10(5-3-9)13-14-11(7-18-13)6-17-8-12(15)16/h2-5,7H,6,8H2,1H3,(H,15,16). The second-order valence-corrected chi connectivity index (χ2v) is 5.74. The minimum Gasteiger partial charge on any atom is -0.481 e. The second-order valence-electron chi connectivity index (χ2n) is 3.90. The average Bonchev–Trinajstić information content (AvgIpc) is 2.78. The molecule has 0 aliphatic carbocycles. The van der Waals surface area contributed by atoms with E-state index in [0.717, 1.165) is 16.3 Å². The minimum absolute atomic E-state index is 0.122. The van der Waals surface area contributed by atoms with Crippen LogP contribution in [0.5, 0.6) is 0 Å². The number of thiazole rings is 1. The number of thioether (sulfide) groups is 1. The lowest BCUT2D eigenvalue weighted by Gasteiger charge is -1.97. The van der Waals surface area contributed by atoms with Gasteiger partial charge in [0.1, 0.15) is 5.01 Å². The first kappa shape index (κ1) is 13.1. The van der Waals surface area contributed by atoms with Gasteiger partial charge in [0.05, 0.1) is 11.4 Å². The second kappa shape index (κ2) is 6.02. The lowest BCUT2D eigenvalue weighted by molar-refractivity contribution is -0.133. The highest BCUT2D eigenvalue weighted by molar-refractivity contribution is 7.99. The molecule has 0 radical (unpaired) electrons. The molecule has 0 aliphatic rings. The van der Waals surface area contributed by atoms with E-state index in [4.69, 9.17) is 5.11 Å². The lowest BCUT2D eigenvalue weighted by atomic mass is 10.2. The molecule has 0 atom stereocenters. The van der Waals surface area contributed by atoms with Gasteiger partial charge in [-0.15, -0.1) is 23.1 Å². The predicted octanol–water partition coefficient (Wildman–Crippen LogP) is 3.44. The third-order valence-electron chi connectivity index (χ3n) is 2.33. The first-order valence-corrected chi connectivity index (χ1v) is 7.49. The highest BCUT2D eigenvalue weighted by Crippen LogP contribution is 2.25. The Balaban J connectivity index is 2.01. The van der Waals surface area contributed by atoms with Crippen LogP contribution in [-0.2, 0) is 10.5 Å². The van der Waals surface area contributed by atoms with Crippen LogP contribution in [0.3, 0.4) is 0 Å². The summed E-state index contributed by atoms with van der Waals surface area (Å²) in [6.07, 6.45) is 0. The summed E-state index contributed by atoms with van der Waals surface area (Å²) in [5.74, 6) is -0.0135. The van der Waals surface area contributed by atoms with E-state index in [1.54, 1.807) is 11.3 Å². The zero-order chi connectivity index (χ0) is 13.0. The van der Waals surface area contributed by atoms with Crippen molar-refractivity contribution in [3.63, 3.8) is 0 Å². The van der Waals surface area contributed by atoms with Gasteiger partial charge in [0.25, 0.3) is 0 Å². The molecule has 2 rings (SSSR count). The molecule has 1 heterocycles. The fourth-order valence-electron chi connectivity index (χ4n) is 1.44. The zero-order valence-corrected chi connectivity index (χ0v) is 11.6. The quantitative estimate of drug-likeness (QED) is 0.911. The smallest absolute Gasteiger partial charge is 0.313 e. The Bertz CT molecular complexity index is 534. The van der Waals surface area contributed by atoms with Gasteiger partial charge in [-0.05, 0) is 6.92 Å². The number of nitrogens with zero attached hydrogens (tertiary/aromatic N) is 1. The number of aryl methyl sites for hydroxylation is 1. The topological polar surface area (TPSA) is 50.2 Å². The number of carboxylic acid groups (broad SMARTS) is 1. The molecule has 18 heavy (non-hydrogen) atoms. The third-order valence-corrected chi connectivity index (χ3v) is 4.22. The molecular weight excluding hydrogens is 266 g/mol. The van der Waals surface area contributed by atoms with Crippen molar-refractivity contribution in [2.75, 3.05) is 5.75 Å². The minimum atomic E-state index is -0.783. The number of hydrogen-bond acceptors (Lipinski definition) is 4. The van der Waals surface area contributed by atoms with Crippen molar-refractivity contribution >= 4 is 29.1 Å². The van der Waals surface area contributed by atoms with Gasteiger partial charge >= 0.3 is 5.97 Å². The van der Waals surface area contributed by atoms with E-state index in [1.807, 2.05) is 5.38 Å². The summed E-state index contributed by atoms with van der Waals surface area (Å²) >= 11 is 2.97. The molecule has 0 saturated carbocycles. The van der Waals surface area contributed by atoms with Crippen LogP contribution in [0.4, 0.5) is 0 Å². The van der Waals surface area contributed by atoms with E-state index >= 15 is 0 Å². The fraction of sp³-hybridized carbons (Fsp3) is 0.231. The van der Waals surface area contributed by atoms with Crippen LogP contribution in [0.2, 0.25) is 0 Å². The fourth-order valence-corrected chi connectivity index (χ4v) is 3.01. The van der Waals surface area contributed by atoms with Crippen LogP contribution in [0.1, 0.15) is 11.3 Å². The van der Waals surface area contributed by atoms with E-state index in [-0.39, 0.29) is 5.75 Å². The Morgan fingerprint density at radius 3 is 2.78 bits per heavy atom. The molecule has 0 fully saturated rings. The first-order chi connectivity index (χ1) is 8.65. The van der Waals surface area contributed by atoms with Crippen LogP contribution >= 0.6 is 23.1 Å². The van der Waals surface area contributed by atoms with Crippen molar-refractivity contribution in [2.45, 2.75) is 12.7 Å². The number of benzene rings is 1. The highest BCUT2D eigenvalue weighted by Gasteiger charge is 2.05. The van der Waals surface area contributed by atoms with Crippen LogP contribution in [0.25, 0.3) is 10.6 Å². The van der Waals surface area contributed by atoms with Gasteiger partial charge in [-0.3, -0.25) is 4.79 Å². The van der Waals surface area contributed by atoms with Crippen molar-refractivity contribution in [2.24, 2.45) is 0 Å². The summed E-state index contributed by atoms with van der Waals surface area (Å²) in [5.41, 5.74) is 3.29. The molecule has 5 heteroatoms. The summed E-state index contributed by atoms with van der Waals surface area (Å²) < 4.78 is 0. The summed E-state index contributed by atoms with van der Waals surface area (Å²) in [4.78, 5) is 14.9. The number of aliphatic carboxylic acids is 1. The van der Waals surface area contributed by atoms with Crippen molar-refractivity contribution in [1.82, 2.24) is 4.98 Å². The molecule has 94 valence electrons. The molecular formula is C13H13NO2S2. The number of carbonyl (C=O) groups is 1. The summed E-state index contributed by atoms with van der Waals surface area (Å²) in [6.45, 7) is 2.06. The molecule has 0 bridgehead atoms. The predicted molar refractivity (Wildman–Crippen MR) is 76.1 cm³/mol. The summed E-state index contributed by atoms with van der Waals surface area (Å²) in [7, 11) is 0. The van der Waals surface area contributed by atoms with Gasteiger partial charge in [-0.1, -0.05) is 29.8 Å². The van der Waals surface area contributed by atoms with E-state index in [1.165, 1.54) is 17.3 Å². The molecule has 0 spiro atoms. The van der Waals surface area contributed by atoms with Gasteiger partial charge < -0.3 is 5.11 Å². The van der Waals surface area contributed by atoms with Crippen molar-refractivity contribution in [3.05, 3.63) is 40.9 Å². The average molecular weight is 279 g/mol. The molecule has 1 aromatic carbocycles. The molecule has 2 aromatic rings. The summed E-state index contributed by atoms with van der Waals surface area (Å²) in [5, 5.41) is 11.5. The normalized spacial score (nSPS) is 10.5. The zero-order valence-electron chi connectivity index (χ0n) is 9.92. The number of aromatic nitrogens is 1. The maximum absolute atomic E-state index is 10.4. The molecule has 0 aliphatic heterocycles. The SMILES string of the molecule is Cc1ccc(-c2nc(CSCC(=O)O)cs2)cc1. The van der Waals surface area contributed by atoms with Crippen LogP contribution in [0, 0.1) is 6.92 Å². The van der Waals surface area contributed by atoms with Gasteiger partial charge in [-0.25, -0.2) is 4.98 Å². The molecule has 1 N–H and O–H groups in total. The van der Waals surface area contributed by atoms with Crippen LogP contribution in [0.15, 0.2) is 29.6 Å². The van der Waals surface area contributed by atoms with Crippen molar-refractivity contribution in [3.8, 4) is 10.6 Å². The van der Waals surface area contributed by atoms with E-state index in [2.05, 4.69) is 36.2 Å². The number of hydrogen-bond donors (Lipinski definition) is 1. The van der Waals surface area contributed by atoms with E-state index in [0.29, 0.717) is 5.75 Å². The van der Waals surface area contributed by atoms with Gasteiger partial charge in [-0.2, -0.15) is 0 Å². The Morgan fingerprint density at radius 2 is 2.11 bits per heavy atom. The van der Waals surface area contributed by atoms with Gasteiger partial charge in [0.15, 0.2) is 0 Å². The molecule has 0 saturated heterocycles. The number of carboxylic acids is 1. The maximum atomic E-state index is 10.4. The first-order valence-electron chi connectivity index (χ1n) is 5.46. The van der Waals surface area contributed by atoms with Gasteiger partial charge in [0.2, 0.25) is 0 Å². The summed E-state index contributed by atoms with van der Waals surface area (Å²) in [6, 6.07) is 8.25. The largest absolute Gasteiger partial charge is 0.481 e. The monoisotopic (exact) mass is 279 g/mol. The molecule has 0 amide bonds. The van der Waals surface area contributed by atoms with E-state index in [9.17, 15) is 4.79 Å². The Morgan fingerprint density at radius 1 is 1.39 bits per heavy atom. The van der Waals surface area contributed by atoms with Crippen molar-refractivity contribution in [1.29, 1.82) is 0 Å². The molecule has 0 unspecified atom stereocenters. The third kappa shape index (κ3) is 3.58. The Kier molecular flexibility index (Phi) is 4.38. The number of rotatable bonds is 5. The Labute approximate surface area is 114 Å². The highest BCUT2D eigenvalue weighted by atomic mass is 32.2. The Hall–Kier alpha value is -1.33. The van der Waals surface area contributed by atoms with Gasteiger partial charge in [0, 0.05) is 16.7 Å². The van der Waals surface area contributed by atoms with E-state index < -0.39 is 5.97 Å². The van der Waals surface area contributed by atoms with Crippen LogP contribution in [-0.4, -0.2) is 21.8 Å².